The van der Waals surface area contributed by atoms with Gasteiger partial charge in [-0.05, 0) is 31.2 Å². The number of para-hydroxylation sites is 2. The lowest BCUT2D eigenvalue weighted by molar-refractivity contribution is 0.408. The number of ether oxygens (including phenoxy) is 1. The van der Waals surface area contributed by atoms with Crippen LogP contribution < -0.4 is 10.1 Å². The fraction of sp³-hybridized carbons (Fsp3) is 0.190. The number of hydrogen-bond donors (Lipinski definition) is 1. The van der Waals surface area contributed by atoms with Gasteiger partial charge < -0.3 is 10.1 Å². The first-order valence-electron chi connectivity index (χ1n) is 8.33. The Morgan fingerprint density at radius 1 is 0.917 bits per heavy atom. The summed E-state index contributed by atoms with van der Waals surface area (Å²) in [4.78, 5) is 4.44. The molecule has 0 aliphatic carbocycles. The maximum Gasteiger partial charge on any atom is 0.132 e. The van der Waals surface area contributed by atoms with E-state index >= 15 is 0 Å². The molecule has 0 bridgehead atoms. The SMILES string of the molecule is CC(Cc1ccccn1)NC1c2ccccc2Oc2ccccc21. The Labute approximate surface area is 142 Å². The highest BCUT2D eigenvalue weighted by atomic mass is 16.5. The van der Waals surface area contributed by atoms with Crippen molar-refractivity contribution in [3.8, 4) is 11.5 Å². The molecule has 0 amide bonds. The molecule has 1 N–H and O–H groups in total. The van der Waals surface area contributed by atoms with Gasteiger partial charge in [0.2, 0.25) is 0 Å². The van der Waals surface area contributed by atoms with E-state index in [9.17, 15) is 0 Å². The van der Waals surface area contributed by atoms with Crippen LogP contribution in [-0.4, -0.2) is 11.0 Å². The van der Waals surface area contributed by atoms with E-state index in [1.807, 2.05) is 42.6 Å². The van der Waals surface area contributed by atoms with Gasteiger partial charge in [0.1, 0.15) is 11.5 Å². The summed E-state index contributed by atoms with van der Waals surface area (Å²) in [7, 11) is 0. The normalized spacial score (nSPS) is 14.4. The molecule has 1 aliphatic rings. The molecule has 3 heteroatoms. The van der Waals surface area contributed by atoms with Gasteiger partial charge in [0.15, 0.2) is 0 Å². The topological polar surface area (TPSA) is 34.2 Å². The molecule has 0 saturated carbocycles. The zero-order chi connectivity index (χ0) is 16.4. The molecule has 3 nitrogen and oxygen atoms in total. The smallest absolute Gasteiger partial charge is 0.132 e. The fourth-order valence-electron chi connectivity index (χ4n) is 3.27. The summed E-state index contributed by atoms with van der Waals surface area (Å²) in [5.41, 5.74) is 3.47. The Balaban J connectivity index is 1.62. The van der Waals surface area contributed by atoms with Gasteiger partial charge in [-0.15, -0.1) is 0 Å². The summed E-state index contributed by atoms with van der Waals surface area (Å²) in [6, 6.07) is 23.0. The summed E-state index contributed by atoms with van der Waals surface area (Å²) in [5.74, 6) is 1.86. The van der Waals surface area contributed by atoms with Crippen molar-refractivity contribution in [3.05, 3.63) is 89.7 Å². The molecule has 0 radical (unpaired) electrons. The fourth-order valence-corrected chi connectivity index (χ4v) is 3.27. The van der Waals surface area contributed by atoms with Gasteiger partial charge in [0.05, 0.1) is 6.04 Å². The first kappa shape index (κ1) is 14.9. The molecule has 1 aromatic heterocycles. The number of hydrogen-bond acceptors (Lipinski definition) is 3. The highest BCUT2D eigenvalue weighted by Gasteiger charge is 2.27. The van der Waals surface area contributed by atoms with E-state index < -0.39 is 0 Å². The molecule has 2 heterocycles. The number of nitrogens with zero attached hydrogens (tertiary/aromatic N) is 1. The van der Waals surface area contributed by atoms with Gasteiger partial charge >= 0.3 is 0 Å². The third-order valence-corrected chi connectivity index (χ3v) is 4.37. The number of nitrogens with one attached hydrogen (secondary N) is 1. The number of pyridine rings is 1. The molecule has 2 aromatic carbocycles. The minimum absolute atomic E-state index is 0.130. The van der Waals surface area contributed by atoms with Gasteiger partial charge in [0.25, 0.3) is 0 Å². The summed E-state index contributed by atoms with van der Waals surface area (Å²) in [5, 5.41) is 3.76. The van der Waals surface area contributed by atoms with Crippen molar-refractivity contribution in [2.24, 2.45) is 0 Å². The average Bonchev–Trinajstić information content (AvgIpc) is 2.62. The van der Waals surface area contributed by atoms with Crippen molar-refractivity contribution < 1.29 is 4.74 Å². The zero-order valence-corrected chi connectivity index (χ0v) is 13.6. The van der Waals surface area contributed by atoms with Crippen LogP contribution in [0.3, 0.4) is 0 Å². The van der Waals surface area contributed by atoms with Crippen LogP contribution >= 0.6 is 0 Å². The van der Waals surface area contributed by atoms with Gasteiger partial charge in [-0.3, -0.25) is 4.98 Å². The van der Waals surface area contributed by atoms with E-state index in [1.54, 1.807) is 0 Å². The lowest BCUT2D eigenvalue weighted by atomic mass is 9.93. The molecule has 4 rings (SSSR count). The van der Waals surface area contributed by atoms with Crippen molar-refractivity contribution in [2.45, 2.75) is 25.4 Å². The zero-order valence-electron chi connectivity index (χ0n) is 13.6. The van der Waals surface area contributed by atoms with E-state index in [4.69, 9.17) is 4.74 Å². The third kappa shape index (κ3) is 2.91. The van der Waals surface area contributed by atoms with Gasteiger partial charge in [-0.1, -0.05) is 42.5 Å². The number of fused-ring (bicyclic) bond motifs is 2. The van der Waals surface area contributed by atoms with Crippen molar-refractivity contribution >= 4 is 0 Å². The molecule has 24 heavy (non-hydrogen) atoms. The second kappa shape index (κ2) is 6.46. The van der Waals surface area contributed by atoms with Gasteiger partial charge in [-0.2, -0.15) is 0 Å². The van der Waals surface area contributed by atoms with Crippen molar-refractivity contribution in [1.29, 1.82) is 0 Å². The molecule has 0 saturated heterocycles. The molecule has 1 unspecified atom stereocenters. The lowest BCUT2D eigenvalue weighted by Gasteiger charge is -2.31. The molecule has 1 atom stereocenters. The van der Waals surface area contributed by atoms with E-state index in [-0.39, 0.29) is 6.04 Å². The molecule has 0 fully saturated rings. The molecular weight excluding hydrogens is 296 g/mol. The first-order chi connectivity index (χ1) is 11.8. The van der Waals surface area contributed by atoms with E-state index in [2.05, 4.69) is 47.6 Å². The molecule has 120 valence electrons. The van der Waals surface area contributed by atoms with Gasteiger partial charge in [-0.25, -0.2) is 0 Å². The maximum atomic E-state index is 6.06. The van der Waals surface area contributed by atoms with Crippen LogP contribution in [-0.2, 0) is 6.42 Å². The minimum Gasteiger partial charge on any atom is -0.457 e. The maximum absolute atomic E-state index is 6.06. The molecular formula is C21H20N2O. The Kier molecular flexibility index (Phi) is 4.01. The number of benzene rings is 2. The highest BCUT2D eigenvalue weighted by Crippen LogP contribution is 2.42. The minimum atomic E-state index is 0.130. The first-order valence-corrected chi connectivity index (χ1v) is 8.33. The Morgan fingerprint density at radius 2 is 1.54 bits per heavy atom. The van der Waals surface area contributed by atoms with Crippen molar-refractivity contribution in [1.82, 2.24) is 10.3 Å². The molecule has 3 aromatic rings. The predicted molar refractivity (Wildman–Crippen MR) is 95.3 cm³/mol. The van der Waals surface area contributed by atoms with E-state index in [0.29, 0.717) is 6.04 Å². The molecule has 0 spiro atoms. The average molecular weight is 316 g/mol. The predicted octanol–water partition coefficient (Wildman–Crippen LogP) is 4.50. The summed E-state index contributed by atoms with van der Waals surface area (Å²) < 4.78 is 6.06. The second-order valence-corrected chi connectivity index (χ2v) is 6.20. The van der Waals surface area contributed by atoms with Crippen LogP contribution in [0.15, 0.2) is 72.9 Å². The Hall–Kier alpha value is -2.65. The van der Waals surface area contributed by atoms with Crippen LogP contribution in [0, 0.1) is 0 Å². The summed E-state index contributed by atoms with van der Waals surface area (Å²) in [6.07, 6.45) is 2.74. The van der Waals surface area contributed by atoms with E-state index in [0.717, 1.165) is 23.6 Å². The lowest BCUT2D eigenvalue weighted by Crippen LogP contribution is -2.34. The van der Waals surface area contributed by atoms with Crippen molar-refractivity contribution in [2.75, 3.05) is 0 Å². The van der Waals surface area contributed by atoms with Crippen LogP contribution in [0.4, 0.5) is 0 Å². The summed E-state index contributed by atoms with van der Waals surface area (Å²) in [6.45, 7) is 2.20. The Bertz CT molecular complexity index is 787. The largest absolute Gasteiger partial charge is 0.457 e. The van der Waals surface area contributed by atoms with E-state index in [1.165, 1.54) is 11.1 Å². The third-order valence-electron chi connectivity index (χ3n) is 4.37. The monoisotopic (exact) mass is 316 g/mol. The highest BCUT2D eigenvalue weighted by molar-refractivity contribution is 5.52. The standard InChI is InChI=1S/C21H20N2O/c1-15(14-16-8-6-7-13-22-16)23-21-17-9-2-4-11-19(17)24-20-12-5-3-10-18(20)21/h2-13,15,21,23H,14H2,1H3. The summed E-state index contributed by atoms with van der Waals surface area (Å²) >= 11 is 0. The van der Waals surface area contributed by atoms with Crippen LogP contribution in [0.25, 0.3) is 0 Å². The van der Waals surface area contributed by atoms with Crippen molar-refractivity contribution in [3.63, 3.8) is 0 Å². The quantitative estimate of drug-likeness (QED) is 0.769. The number of aromatic nitrogens is 1. The number of rotatable bonds is 4. The van der Waals surface area contributed by atoms with Crippen LogP contribution in [0.5, 0.6) is 11.5 Å². The van der Waals surface area contributed by atoms with Crippen LogP contribution in [0.1, 0.15) is 29.8 Å². The molecule has 1 aliphatic heterocycles. The van der Waals surface area contributed by atoms with Crippen LogP contribution in [0.2, 0.25) is 0 Å². The Morgan fingerprint density at radius 3 is 2.17 bits per heavy atom. The van der Waals surface area contributed by atoms with Gasteiger partial charge in [0, 0.05) is 35.5 Å². The second-order valence-electron chi connectivity index (χ2n) is 6.20.